The van der Waals surface area contributed by atoms with Gasteiger partial charge in [0.1, 0.15) is 11.3 Å². The fourth-order valence-corrected chi connectivity index (χ4v) is 4.03. The molecule has 0 saturated heterocycles. The number of fused-ring (bicyclic) bond motifs is 3. The molecule has 1 fully saturated rings. The number of hydrogen-bond donors (Lipinski definition) is 0. The molecule has 3 atom stereocenters. The van der Waals surface area contributed by atoms with Gasteiger partial charge in [-0.1, -0.05) is 18.2 Å². The Morgan fingerprint density at radius 1 is 1.26 bits per heavy atom. The highest BCUT2D eigenvalue weighted by molar-refractivity contribution is 6.01. The number of carbonyl (C=O) groups is 1. The molecule has 23 heavy (non-hydrogen) atoms. The zero-order valence-electron chi connectivity index (χ0n) is 13.2. The SMILES string of the molecule is COC(=O)c1cccc2c(=O)c(C)c([C@@H]3C[C@H]4C=C[C@@H]3C4)oc12. The number of esters is 1. The Balaban J connectivity index is 1.95. The predicted molar refractivity (Wildman–Crippen MR) is 86.7 cm³/mol. The number of ether oxygens (including phenoxy) is 1. The molecule has 1 aromatic heterocycles. The van der Waals surface area contributed by atoms with E-state index >= 15 is 0 Å². The third-order valence-corrected chi connectivity index (χ3v) is 5.20. The van der Waals surface area contributed by atoms with Crippen LogP contribution in [0.15, 0.2) is 39.6 Å². The van der Waals surface area contributed by atoms with Gasteiger partial charge in [0.05, 0.1) is 12.5 Å². The lowest BCUT2D eigenvalue weighted by molar-refractivity contribution is 0.0601. The van der Waals surface area contributed by atoms with E-state index in [2.05, 4.69) is 12.2 Å². The zero-order chi connectivity index (χ0) is 16.1. The minimum absolute atomic E-state index is 0.0567. The van der Waals surface area contributed by atoms with Crippen LogP contribution in [0.1, 0.15) is 40.4 Å². The molecule has 118 valence electrons. The summed E-state index contributed by atoms with van der Waals surface area (Å²) in [6, 6.07) is 5.02. The topological polar surface area (TPSA) is 56.5 Å². The van der Waals surface area contributed by atoms with Crippen LogP contribution in [0.3, 0.4) is 0 Å². The Hall–Kier alpha value is -2.36. The van der Waals surface area contributed by atoms with Crippen molar-refractivity contribution in [3.63, 3.8) is 0 Å². The van der Waals surface area contributed by atoms with E-state index in [-0.39, 0.29) is 11.3 Å². The second kappa shape index (κ2) is 5.08. The van der Waals surface area contributed by atoms with Crippen LogP contribution in [0, 0.1) is 18.8 Å². The van der Waals surface area contributed by atoms with Crippen LogP contribution in [0.5, 0.6) is 0 Å². The minimum Gasteiger partial charge on any atom is -0.465 e. The van der Waals surface area contributed by atoms with Gasteiger partial charge in [-0.25, -0.2) is 4.79 Å². The number of methoxy groups -OCH3 is 1. The van der Waals surface area contributed by atoms with E-state index in [9.17, 15) is 9.59 Å². The maximum atomic E-state index is 12.7. The van der Waals surface area contributed by atoms with Crippen molar-refractivity contribution >= 4 is 16.9 Å². The van der Waals surface area contributed by atoms with Crippen LogP contribution in [0.4, 0.5) is 0 Å². The first-order chi connectivity index (χ1) is 11.1. The summed E-state index contributed by atoms with van der Waals surface area (Å²) >= 11 is 0. The second-order valence-corrected chi connectivity index (χ2v) is 6.48. The molecule has 0 N–H and O–H groups in total. The lowest BCUT2D eigenvalue weighted by Crippen LogP contribution is -2.16. The van der Waals surface area contributed by atoms with E-state index in [4.69, 9.17) is 9.15 Å². The lowest BCUT2D eigenvalue weighted by atomic mass is 9.88. The molecular formula is C19H18O4. The standard InChI is InChI=1S/C19H18O4/c1-10-16(20)13-4-3-5-14(19(21)22-2)18(13)23-17(10)15-9-11-6-7-12(15)8-11/h3-7,11-12,15H,8-9H2,1-2H3/t11-,12+,15+/m0/s1. The van der Waals surface area contributed by atoms with Crippen molar-refractivity contribution in [3.8, 4) is 0 Å². The van der Waals surface area contributed by atoms with Gasteiger partial charge >= 0.3 is 5.97 Å². The first-order valence-corrected chi connectivity index (χ1v) is 7.93. The van der Waals surface area contributed by atoms with Gasteiger partial charge in [-0.15, -0.1) is 0 Å². The largest absolute Gasteiger partial charge is 0.465 e. The number of carbonyl (C=O) groups excluding carboxylic acids is 1. The molecule has 2 aromatic rings. The molecule has 0 aliphatic heterocycles. The monoisotopic (exact) mass is 310 g/mol. The molecule has 1 saturated carbocycles. The Bertz CT molecular complexity index is 890. The van der Waals surface area contributed by atoms with Crippen molar-refractivity contribution in [2.24, 2.45) is 11.8 Å². The van der Waals surface area contributed by atoms with Crippen molar-refractivity contribution in [1.29, 1.82) is 0 Å². The van der Waals surface area contributed by atoms with Crippen molar-refractivity contribution in [1.82, 2.24) is 0 Å². The first kappa shape index (κ1) is 14.2. The first-order valence-electron chi connectivity index (χ1n) is 7.93. The highest BCUT2D eigenvalue weighted by Gasteiger charge is 2.39. The van der Waals surface area contributed by atoms with Gasteiger partial charge in [0, 0.05) is 11.5 Å². The number of para-hydroxylation sites is 1. The van der Waals surface area contributed by atoms with Gasteiger partial charge in [0.15, 0.2) is 11.0 Å². The molecule has 0 spiro atoms. The number of benzene rings is 1. The van der Waals surface area contributed by atoms with E-state index in [0.717, 1.165) is 18.6 Å². The van der Waals surface area contributed by atoms with Crippen molar-refractivity contribution in [2.75, 3.05) is 7.11 Å². The number of allylic oxidation sites excluding steroid dienone is 2. The van der Waals surface area contributed by atoms with Gasteiger partial charge in [0.25, 0.3) is 0 Å². The molecule has 2 aliphatic rings. The summed E-state index contributed by atoms with van der Waals surface area (Å²) in [4.78, 5) is 24.7. The van der Waals surface area contributed by atoms with E-state index in [1.807, 2.05) is 6.92 Å². The van der Waals surface area contributed by atoms with Crippen LogP contribution in [0.25, 0.3) is 11.0 Å². The molecule has 0 unspecified atom stereocenters. The average molecular weight is 310 g/mol. The molecule has 2 aliphatic carbocycles. The van der Waals surface area contributed by atoms with Gasteiger partial charge < -0.3 is 9.15 Å². The zero-order valence-corrected chi connectivity index (χ0v) is 13.2. The van der Waals surface area contributed by atoms with Crippen LogP contribution >= 0.6 is 0 Å². The van der Waals surface area contributed by atoms with E-state index in [1.54, 1.807) is 18.2 Å². The van der Waals surface area contributed by atoms with Crippen LogP contribution in [-0.4, -0.2) is 13.1 Å². The van der Waals surface area contributed by atoms with Crippen molar-refractivity contribution < 1.29 is 13.9 Å². The van der Waals surface area contributed by atoms with Gasteiger partial charge in [-0.2, -0.15) is 0 Å². The summed E-state index contributed by atoms with van der Waals surface area (Å²) in [6.45, 7) is 1.82. The van der Waals surface area contributed by atoms with Gasteiger partial charge in [0.2, 0.25) is 0 Å². The Labute approximate surface area is 133 Å². The average Bonchev–Trinajstić information content (AvgIpc) is 3.20. The lowest BCUT2D eigenvalue weighted by Gasteiger charge is -2.19. The van der Waals surface area contributed by atoms with Crippen molar-refractivity contribution in [3.05, 3.63) is 57.5 Å². The molecule has 4 rings (SSSR count). The van der Waals surface area contributed by atoms with Gasteiger partial charge in [-0.05, 0) is 43.7 Å². The summed E-state index contributed by atoms with van der Waals surface area (Å²) in [5.41, 5.74) is 1.25. The van der Waals surface area contributed by atoms with Gasteiger partial charge in [-0.3, -0.25) is 4.79 Å². The smallest absolute Gasteiger partial charge is 0.341 e. The van der Waals surface area contributed by atoms with E-state index < -0.39 is 5.97 Å². The maximum Gasteiger partial charge on any atom is 0.341 e. The van der Waals surface area contributed by atoms with Crippen molar-refractivity contribution in [2.45, 2.75) is 25.7 Å². The number of hydrogen-bond acceptors (Lipinski definition) is 4. The molecule has 4 heteroatoms. The second-order valence-electron chi connectivity index (χ2n) is 6.48. The Morgan fingerprint density at radius 3 is 2.74 bits per heavy atom. The van der Waals surface area contributed by atoms with Crippen LogP contribution in [-0.2, 0) is 4.74 Å². The summed E-state index contributed by atoms with van der Waals surface area (Å²) < 4.78 is 10.9. The number of rotatable bonds is 2. The predicted octanol–water partition coefficient (Wildman–Crippen LogP) is 3.57. The maximum absolute atomic E-state index is 12.7. The molecule has 0 amide bonds. The molecular weight excluding hydrogens is 292 g/mol. The normalized spacial score (nSPS) is 25.2. The molecule has 1 aromatic carbocycles. The molecule has 1 heterocycles. The summed E-state index contributed by atoms with van der Waals surface area (Å²) in [7, 11) is 1.33. The fourth-order valence-electron chi connectivity index (χ4n) is 4.03. The van der Waals surface area contributed by atoms with E-state index in [0.29, 0.717) is 33.9 Å². The Kier molecular flexibility index (Phi) is 3.15. The summed E-state index contributed by atoms with van der Waals surface area (Å²) in [6.07, 6.45) is 6.63. The summed E-state index contributed by atoms with van der Waals surface area (Å²) in [5.74, 6) is 1.50. The molecule has 2 bridgehead atoms. The van der Waals surface area contributed by atoms with Crippen LogP contribution in [0.2, 0.25) is 0 Å². The third kappa shape index (κ3) is 2.05. The fraction of sp³-hybridized carbons (Fsp3) is 0.368. The third-order valence-electron chi connectivity index (χ3n) is 5.20. The molecule has 4 nitrogen and oxygen atoms in total. The quantitative estimate of drug-likeness (QED) is 0.628. The van der Waals surface area contributed by atoms with E-state index in [1.165, 1.54) is 7.11 Å². The molecule has 0 radical (unpaired) electrons. The summed E-state index contributed by atoms with van der Waals surface area (Å²) in [5, 5.41) is 0.438. The minimum atomic E-state index is -0.485. The highest BCUT2D eigenvalue weighted by Crippen LogP contribution is 2.49. The van der Waals surface area contributed by atoms with Crippen LogP contribution < -0.4 is 5.43 Å². The highest BCUT2D eigenvalue weighted by atomic mass is 16.5. The Morgan fingerprint density at radius 2 is 2.09 bits per heavy atom.